The summed E-state index contributed by atoms with van der Waals surface area (Å²) in [7, 11) is 0. The summed E-state index contributed by atoms with van der Waals surface area (Å²) in [6.07, 6.45) is 1.65. The lowest BCUT2D eigenvalue weighted by Gasteiger charge is -2.14. The van der Waals surface area contributed by atoms with E-state index in [0.29, 0.717) is 28.7 Å². The maximum absolute atomic E-state index is 12.3. The molecule has 1 amide bonds. The molecule has 0 saturated carbocycles. The van der Waals surface area contributed by atoms with Crippen LogP contribution >= 0.6 is 11.6 Å². The molecular formula is C19H16ClN3O5. The molecule has 1 aromatic carbocycles. The molecule has 3 heterocycles. The van der Waals surface area contributed by atoms with Gasteiger partial charge in [-0.1, -0.05) is 28.9 Å². The highest BCUT2D eigenvalue weighted by atomic mass is 35.5. The Hall–Kier alpha value is -3.13. The highest BCUT2D eigenvalue weighted by molar-refractivity contribution is 6.30. The first-order valence-electron chi connectivity index (χ1n) is 8.64. The third kappa shape index (κ3) is 4.07. The number of likely N-dealkylation sites (tertiary alicyclic amines) is 1. The van der Waals surface area contributed by atoms with Crippen LogP contribution in [-0.4, -0.2) is 33.5 Å². The lowest BCUT2D eigenvalue weighted by molar-refractivity contribution is -0.150. The van der Waals surface area contributed by atoms with Gasteiger partial charge in [-0.15, -0.1) is 0 Å². The van der Waals surface area contributed by atoms with E-state index in [9.17, 15) is 9.59 Å². The third-order valence-corrected chi connectivity index (χ3v) is 4.60. The summed E-state index contributed by atoms with van der Waals surface area (Å²) in [6, 6.07) is 10.6. The number of aromatic nitrogens is 2. The van der Waals surface area contributed by atoms with Gasteiger partial charge < -0.3 is 18.6 Å². The molecular weight excluding hydrogens is 386 g/mol. The summed E-state index contributed by atoms with van der Waals surface area (Å²) < 4.78 is 15.6. The summed E-state index contributed by atoms with van der Waals surface area (Å²) in [5.41, 5.74) is 0.698. The predicted octanol–water partition coefficient (Wildman–Crippen LogP) is 3.07. The van der Waals surface area contributed by atoms with Crippen LogP contribution in [0.5, 0.6) is 0 Å². The van der Waals surface area contributed by atoms with Crippen LogP contribution in [0.4, 0.5) is 0 Å². The lowest BCUT2D eigenvalue weighted by Crippen LogP contribution is -2.26. The molecule has 0 unspecified atom stereocenters. The van der Waals surface area contributed by atoms with Crippen molar-refractivity contribution in [2.24, 2.45) is 5.92 Å². The molecule has 9 heteroatoms. The number of hydrogen-bond acceptors (Lipinski definition) is 7. The number of furan rings is 1. The zero-order valence-corrected chi connectivity index (χ0v) is 15.5. The van der Waals surface area contributed by atoms with Crippen LogP contribution in [0.15, 0.2) is 51.6 Å². The quantitative estimate of drug-likeness (QED) is 0.585. The van der Waals surface area contributed by atoms with E-state index in [-0.39, 0.29) is 31.4 Å². The fraction of sp³-hybridized carbons (Fsp3) is 0.263. The van der Waals surface area contributed by atoms with Crippen molar-refractivity contribution < 1.29 is 23.3 Å². The number of carbonyl (C=O) groups is 2. The Morgan fingerprint density at radius 2 is 2.21 bits per heavy atom. The van der Waals surface area contributed by atoms with E-state index in [1.165, 1.54) is 0 Å². The topological polar surface area (TPSA) is 98.7 Å². The fourth-order valence-corrected chi connectivity index (χ4v) is 3.17. The van der Waals surface area contributed by atoms with Gasteiger partial charge in [0.05, 0.1) is 18.7 Å². The number of nitrogens with zero attached hydrogens (tertiary/aromatic N) is 3. The molecule has 3 aromatic rings. The molecule has 0 aliphatic carbocycles. The van der Waals surface area contributed by atoms with Crippen LogP contribution in [0.25, 0.3) is 11.4 Å². The van der Waals surface area contributed by atoms with Crippen LogP contribution in [0.1, 0.15) is 18.1 Å². The Kier molecular flexibility index (Phi) is 5.12. The molecule has 144 valence electrons. The molecule has 1 atom stereocenters. The summed E-state index contributed by atoms with van der Waals surface area (Å²) in [5.74, 6) is 0.0750. The molecule has 0 bridgehead atoms. The minimum Gasteiger partial charge on any atom is -0.467 e. The minimum absolute atomic E-state index is 0.108. The largest absolute Gasteiger partial charge is 0.467 e. The average molecular weight is 402 g/mol. The highest BCUT2D eigenvalue weighted by Gasteiger charge is 2.35. The number of esters is 1. The van der Waals surface area contributed by atoms with E-state index in [4.69, 9.17) is 25.3 Å². The SMILES string of the molecule is O=C(OCc1nc(-c2cccc(Cl)c2)no1)[C@@H]1CC(=O)N(Cc2ccco2)C1. The monoisotopic (exact) mass is 401 g/mol. The molecule has 28 heavy (non-hydrogen) atoms. The number of carbonyl (C=O) groups excluding carboxylic acids is 2. The van der Waals surface area contributed by atoms with Crippen LogP contribution < -0.4 is 0 Å². The van der Waals surface area contributed by atoms with Crippen molar-refractivity contribution in [1.82, 2.24) is 15.0 Å². The molecule has 1 aliphatic heterocycles. The van der Waals surface area contributed by atoms with Gasteiger partial charge in [-0.3, -0.25) is 9.59 Å². The number of benzene rings is 1. The molecule has 1 aliphatic rings. The maximum Gasteiger partial charge on any atom is 0.311 e. The van der Waals surface area contributed by atoms with Crippen LogP contribution in [0.2, 0.25) is 5.02 Å². The first kappa shape index (κ1) is 18.2. The normalized spacial score (nSPS) is 16.5. The van der Waals surface area contributed by atoms with Crippen molar-refractivity contribution in [3.8, 4) is 11.4 Å². The minimum atomic E-state index is -0.530. The number of hydrogen-bond donors (Lipinski definition) is 0. The third-order valence-electron chi connectivity index (χ3n) is 4.36. The van der Waals surface area contributed by atoms with Crippen molar-refractivity contribution in [1.29, 1.82) is 0 Å². The first-order valence-corrected chi connectivity index (χ1v) is 9.01. The average Bonchev–Trinajstić information content (AvgIpc) is 3.42. The standard InChI is InChI=1S/C19H16ClN3O5/c20-14-4-1-3-12(7-14)18-21-16(28-22-18)11-27-19(25)13-8-17(24)23(9-13)10-15-5-2-6-26-15/h1-7,13H,8-11H2/t13-/m1/s1. The highest BCUT2D eigenvalue weighted by Crippen LogP contribution is 2.23. The van der Waals surface area contributed by atoms with Gasteiger partial charge in [0, 0.05) is 23.6 Å². The Bertz CT molecular complexity index is 985. The van der Waals surface area contributed by atoms with Crippen molar-refractivity contribution in [2.45, 2.75) is 19.6 Å². The maximum atomic E-state index is 12.3. The van der Waals surface area contributed by atoms with Gasteiger partial charge in [-0.25, -0.2) is 0 Å². The Labute approximate surface area is 165 Å². The Balaban J connectivity index is 1.32. The van der Waals surface area contributed by atoms with Crippen molar-refractivity contribution in [3.05, 3.63) is 59.3 Å². The summed E-state index contributed by atoms with van der Waals surface area (Å²) in [6.45, 7) is 0.466. The fourth-order valence-electron chi connectivity index (χ4n) is 2.98. The molecule has 1 fully saturated rings. The number of halogens is 1. The van der Waals surface area contributed by atoms with E-state index in [2.05, 4.69) is 10.1 Å². The van der Waals surface area contributed by atoms with Crippen molar-refractivity contribution >= 4 is 23.5 Å². The number of rotatable bonds is 6. The van der Waals surface area contributed by atoms with E-state index in [1.54, 1.807) is 47.6 Å². The van der Waals surface area contributed by atoms with E-state index >= 15 is 0 Å². The smallest absolute Gasteiger partial charge is 0.311 e. The molecule has 8 nitrogen and oxygen atoms in total. The van der Waals surface area contributed by atoms with Gasteiger partial charge in [0.15, 0.2) is 6.61 Å². The molecule has 0 radical (unpaired) electrons. The van der Waals surface area contributed by atoms with Gasteiger partial charge >= 0.3 is 5.97 Å². The molecule has 0 spiro atoms. The Morgan fingerprint density at radius 3 is 3.00 bits per heavy atom. The molecule has 4 rings (SSSR count). The second-order valence-corrected chi connectivity index (χ2v) is 6.82. The van der Waals surface area contributed by atoms with Crippen molar-refractivity contribution in [3.63, 3.8) is 0 Å². The zero-order chi connectivity index (χ0) is 19.5. The second-order valence-electron chi connectivity index (χ2n) is 6.38. The first-order chi connectivity index (χ1) is 13.6. The van der Waals surface area contributed by atoms with Gasteiger partial charge in [-0.05, 0) is 24.3 Å². The Morgan fingerprint density at radius 1 is 1.32 bits per heavy atom. The van der Waals surface area contributed by atoms with Gasteiger partial charge in [0.25, 0.3) is 5.89 Å². The lowest BCUT2D eigenvalue weighted by atomic mass is 10.1. The number of ether oxygens (including phenoxy) is 1. The van der Waals surface area contributed by atoms with E-state index in [0.717, 1.165) is 0 Å². The number of amides is 1. The molecule has 1 saturated heterocycles. The molecule has 2 aromatic heterocycles. The van der Waals surface area contributed by atoms with E-state index in [1.807, 2.05) is 0 Å². The van der Waals surface area contributed by atoms with Gasteiger partial charge in [0.2, 0.25) is 11.7 Å². The van der Waals surface area contributed by atoms with Crippen molar-refractivity contribution in [2.75, 3.05) is 6.54 Å². The van der Waals surface area contributed by atoms with E-state index < -0.39 is 11.9 Å². The van der Waals surface area contributed by atoms with Crippen LogP contribution in [0.3, 0.4) is 0 Å². The second kappa shape index (κ2) is 7.85. The van der Waals surface area contributed by atoms with Crippen LogP contribution in [-0.2, 0) is 27.5 Å². The zero-order valence-electron chi connectivity index (χ0n) is 14.7. The molecule has 0 N–H and O–H groups in total. The van der Waals surface area contributed by atoms with Gasteiger partial charge in [-0.2, -0.15) is 4.98 Å². The summed E-state index contributed by atoms with van der Waals surface area (Å²) in [5, 5.41) is 4.42. The van der Waals surface area contributed by atoms with Gasteiger partial charge in [0.1, 0.15) is 5.76 Å². The van der Waals surface area contributed by atoms with Crippen LogP contribution in [0, 0.1) is 5.92 Å². The summed E-state index contributed by atoms with van der Waals surface area (Å²) in [4.78, 5) is 30.2. The predicted molar refractivity (Wildman–Crippen MR) is 96.8 cm³/mol. The summed E-state index contributed by atoms with van der Waals surface area (Å²) >= 11 is 5.95.